The lowest BCUT2D eigenvalue weighted by atomic mass is 10.2. The second-order valence-corrected chi connectivity index (χ2v) is 11.1. The van der Waals surface area contributed by atoms with Crippen LogP contribution in [0.5, 0.6) is 0 Å². The minimum Gasteiger partial charge on any atom is -0.318 e. The minimum absolute atomic E-state index is 0.197. The number of aryl methyl sites for hydroxylation is 1. The molecule has 0 aliphatic heterocycles. The molecule has 4 aromatic rings. The first-order chi connectivity index (χ1) is 17.2. The number of benzene rings is 3. The lowest BCUT2D eigenvalue weighted by molar-refractivity contribution is 0.0955. The molecule has 0 radical (unpaired) electrons. The molecule has 7 nitrogen and oxygen atoms in total. The summed E-state index contributed by atoms with van der Waals surface area (Å²) in [6.45, 7) is 4.01. The summed E-state index contributed by atoms with van der Waals surface area (Å²) in [5.41, 5.74) is 7.32. The summed E-state index contributed by atoms with van der Waals surface area (Å²) in [6.07, 6.45) is 1.62. The molecule has 0 saturated heterocycles. The molecule has 184 valence electrons. The Bertz CT molecular complexity index is 1510. The number of sulfonamides is 1. The standard InChI is InChI=1S/C27H25BrN4O3S/c1-19-17-22(20(2)32(19)25-15-11-23(28)12-16-25)18-29-30-27(33)21-9-13-24(14-10-21)31(3)36(34,35)26-7-5-4-6-8-26/h4-18H,1-3H3,(H,30,33)/b29-18-. The van der Waals surface area contributed by atoms with Gasteiger partial charge in [-0.3, -0.25) is 9.10 Å². The zero-order valence-electron chi connectivity index (χ0n) is 20.0. The van der Waals surface area contributed by atoms with Crippen molar-refractivity contribution in [3.05, 3.63) is 112 Å². The number of hydrazone groups is 1. The van der Waals surface area contributed by atoms with Crippen molar-refractivity contribution < 1.29 is 13.2 Å². The number of aromatic nitrogens is 1. The average Bonchev–Trinajstić information content (AvgIpc) is 3.17. The maximum absolute atomic E-state index is 12.8. The van der Waals surface area contributed by atoms with E-state index in [1.807, 2.05) is 44.2 Å². The van der Waals surface area contributed by atoms with Crippen molar-refractivity contribution >= 4 is 43.8 Å². The fourth-order valence-electron chi connectivity index (χ4n) is 3.84. The first-order valence-corrected chi connectivity index (χ1v) is 13.3. The van der Waals surface area contributed by atoms with Gasteiger partial charge in [0.1, 0.15) is 0 Å². The predicted octanol–water partition coefficient (Wildman–Crippen LogP) is 5.45. The third kappa shape index (κ3) is 5.27. The summed E-state index contributed by atoms with van der Waals surface area (Å²) in [7, 11) is -2.21. The Kier molecular flexibility index (Phi) is 7.42. The van der Waals surface area contributed by atoms with Crippen molar-refractivity contribution in [1.29, 1.82) is 0 Å². The highest BCUT2D eigenvalue weighted by Gasteiger charge is 2.21. The molecular weight excluding hydrogens is 540 g/mol. The van der Waals surface area contributed by atoms with Gasteiger partial charge in [0.2, 0.25) is 0 Å². The van der Waals surface area contributed by atoms with Gasteiger partial charge in [0, 0.05) is 39.7 Å². The minimum atomic E-state index is -3.69. The number of hydrogen-bond acceptors (Lipinski definition) is 4. The number of halogens is 1. The Hall–Kier alpha value is -3.69. The molecule has 0 aliphatic rings. The Balaban J connectivity index is 1.44. The summed E-state index contributed by atoms with van der Waals surface area (Å²) in [5.74, 6) is -0.395. The van der Waals surface area contributed by atoms with E-state index in [1.54, 1.807) is 60.8 Å². The van der Waals surface area contributed by atoms with E-state index in [9.17, 15) is 13.2 Å². The summed E-state index contributed by atoms with van der Waals surface area (Å²) in [6, 6.07) is 24.5. The average molecular weight is 565 g/mol. The Morgan fingerprint density at radius 1 is 0.972 bits per heavy atom. The van der Waals surface area contributed by atoms with Crippen molar-refractivity contribution in [2.24, 2.45) is 5.10 Å². The lowest BCUT2D eigenvalue weighted by Crippen LogP contribution is -2.26. The molecule has 0 fully saturated rings. The van der Waals surface area contributed by atoms with Crippen molar-refractivity contribution in [2.75, 3.05) is 11.4 Å². The van der Waals surface area contributed by atoms with E-state index in [-0.39, 0.29) is 4.90 Å². The largest absolute Gasteiger partial charge is 0.318 e. The van der Waals surface area contributed by atoms with Crippen LogP contribution in [0.3, 0.4) is 0 Å². The van der Waals surface area contributed by atoms with Crippen molar-refractivity contribution in [1.82, 2.24) is 9.99 Å². The van der Waals surface area contributed by atoms with E-state index in [2.05, 4.69) is 31.0 Å². The molecule has 1 heterocycles. The SMILES string of the molecule is Cc1cc(/C=N\NC(=O)c2ccc(N(C)S(=O)(=O)c3ccccc3)cc2)c(C)n1-c1ccc(Br)cc1. The van der Waals surface area contributed by atoms with Gasteiger partial charge in [-0.05, 0) is 80.6 Å². The number of carbonyl (C=O) groups excluding carboxylic acids is 1. The lowest BCUT2D eigenvalue weighted by Gasteiger charge is -2.19. The highest BCUT2D eigenvalue weighted by Crippen LogP contribution is 2.23. The van der Waals surface area contributed by atoms with Crippen LogP contribution in [0.4, 0.5) is 5.69 Å². The van der Waals surface area contributed by atoms with Crippen LogP contribution in [0.2, 0.25) is 0 Å². The summed E-state index contributed by atoms with van der Waals surface area (Å²) < 4.78 is 29.9. The van der Waals surface area contributed by atoms with Gasteiger partial charge in [-0.15, -0.1) is 0 Å². The van der Waals surface area contributed by atoms with Crippen LogP contribution in [0.15, 0.2) is 99.4 Å². The number of carbonyl (C=O) groups is 1. The van der Waals surface area contributed by atoms with Crippen LogP contribution in [-0.2, 0) is 10.0 Å². The number of nitrogens with zero attached hydrogens (tertiary/aromatic N) is 3. The van der Waals surface area contributed by atoms with E-state index >= 15 is 0 Å². The van der Waals surface area contributed by atoms with Crippen LogP contribution in [0.1, 0.15) is 27.3 Å². The van der Waals surface area contributed by atoms with Crippen molar-refractivity contribution in [2.45, 2.75) is 18.7 Å². The number of amides is 1. The Morgan fingerprint density at radius 2 is 1.61 bits per heavy atom. The van der Waals surface area contributed by atoms with Crippen LogP contribution < -0.4 is 9.73 Å². The van der Waals surface area contributed by atoms with E-state index in [0.717, 1.165) is 27.1 Å². The van der Waals surface area contributed by atoms with Crippen LogP contribution in [-0.4, -0.2) is 32.2 Å². The van der Waals surface area contributed by atoms with Crippen LogP contribution >= 0.6 is 15.9 Å². The third-order valence-corrected chi connectivity index (χ3v) is 8.15. The normalized spacial score (nSPS) is 11.6. The van der Waals surface area contributed by atoms with Crippen LogP contribution in [0, 0.1) is 13.8 Å². The molecule has 0 bridgehead atoms. The topological polar surface area (TPSA) is 83.8 Å². The molecule has 4 rings (SSSR count). The molecule has 0 aliphatic carbocycles. The molecule has 0 spiro atoms. The number of rotatable bonds is 7. The molecule has 0 saturated carbocycles. The Labute approximate surface area is 219 Å². The molecule has 1 aromatic heterocycles. The Morgan fingerprint density at radius 3 is 2.25 bits per heavy atom. The third-order valence-electron chi connectivity index (χ3n) is 5.82. The van der Waals surface area contributed by atoms with E-state index < -0.39 is 15.9 Å². The maximum atomic E-state index is 12.8. The van der Waals surface area contributed by atoms with E-state index in [0.29, 0.717) is 11.3 Å². The second-order valence-electron chi connectivity index (χ2n) is 8.17. The van der Waals surface area contributed by atoms with Crippen molar-refractivity contribution in [3.63, 3.8) is 0 Å². The van der Waals surface area contributed by atoms with Crippen molar-refractivity contribution in [3.8, 4) is 5.69 Å². The molecule has 0 unspecified atom stereocenters. The molecular formula is C27H25BrN4O3S. The van der Waals surface area contributed by atoms with Gasteiger partial charge in [0.15, 0.2) is 0 Å². The molecule has 36 heavy (non-hydrogen) atoms. The van der Waals surface area contributed by atoms with Gasteiger partial charge in [-0.2, -0.15) is 5.10 Å². The first-order valence-electron chi connectivity index (χ1n) is 11.1. The van der Waals surface area contributed by atoms with Crippen LogP contribution in [0.25, 0.3) is 5.69 Å². The molecule has 1 N–H and O–H groups in total. The van der Waals surface area contributed by atoms with E-state index in [4.69, 9.17) is 0 Å². The second kappa shape index (κ2) is 10.5. The number of anilines is 1. The zero-order valence-corrected chi connectivity index (χ0v) is 22.4. The number of hydrogen-bond donors (Lipinski definition) is 1. The smallest absolute Gasteiger partial charge is 0.271 e. The summed E-state index contributed by atoms with van der Waals surface area (Å²) in [5, 5.41) is 4.13. The highest BCUT2D eigenvalue weighted by atomic mass is 79.9. The van der Waals surface area contributed by atoms with Gasteiger partial charge >= 0.3 is 0 Å². The molecule has 0 atom stereocenters. The highest BCUT2D eigenvalue weighted by molar-refractivity contribution is 9.10. The molecule has 1 amide bonds. The summed E-state index contributed by atoms with van der Waals surface area (Å²) >= 11 is 3.46. The fraction of sp³-hybridized carbons (Fsp3) is 0.111. The van der Waals surface area contributed by atoms with Gasteiger partial charge in [0.25, 0.3) is 15.9 Å². The fourth-order valence-corrected chi connectivity index (χ4v) is 5.32. The first kappa shape index (κ1) is 25.4. The monoisotopic (exact) mass is 564 g/mol. The zero-order chi connectivity index (χ0) is 25.9. The van der Waals surface area contributed by atoms with Gasteiger partial charge in [0.05, 0.1) is 16.8 Å². The molecule has 3 aromatic carbocycles. The quantitative estimate of drug-likeness (QED) is 0.239. The van der Waals surface area contributed by atoms with Gasteiger partial charge in [-0.25, -0.2) is 13.8 Å². The maximum Gasteiger partial charge on any atom is 0.271 e. The van der Waals surface area contributed by atoms with Gasteiger partial charge in [-0.1, -0.05) is 34.1 Å². The number of nitrogens with one attached hydrogen (secondary N) is 1. The molecule has 9 heteroatoms. The van der Waals surface area contributed by atoms with E-state index in [1.165, 1.54) is 11.4 Å². The predicted molar refractivity (Wildman–Crippen MR) is 146 cm³/mol. The summed E-state index contributed by atoms with van der Waals surface area (Å²) in [4.78, 5) is 12.8. The van der Waals surface area contributed by atoms with Gasteiger partial charge < -0.3 is 4.57 Å².